The molecular weight excluding hydrogens is 558 g/mol. The number of fused-ring (bicyclic) bond motifs is 2. The maximum atomic E-state index is 14.6. The zero-order chi connectivity index (χ0) is 31.2. The van der Waals surface area contributed by atoms with E-state index in [2.05, 4.69) is 49.8 Å². The molecule has 10 heteroatoms. The number of benzene rings is 2. The smallest absolute Gasteiger partial charge is 0.264 e. The highest BCUT2D eigenvalue weighted by Gasteiger charge is 2.65. The number of hydrogen-bond donors (Lipinski definition) is 1. The van der Waals surface area contributed by atoms with Crippen molar-refractivity contribution in [1.82, 2.24) is 15.0 Å². The van der Waals surface area contributed by atoms with E-state index >= 15 is 0 Å². The molecule has 3 aliphatic rings. The molecule has 2 amide bonds. The standard InChI is InChI=1S/C34H41N5O5/c1-6-16-39-28-12-9-25(38-18-14-30(38)41)20-27(28)34(32(39)42)22(2)31(33(3,4)23-7-10-26(43-5)11-8-23)29(44-34)13-17-37-21-24(15-19-40)35-36-37/h6-12,20-22,29,31,40H,1,13-19H2,2-5H3/t22-,29+,31-,34+/m1/s1. The predicted octanol–water partition coefficient (Wildman–Crippen LogP) is 4.01. The summed E-state index contributed by atoms with van der Waals surface area (Å²) in [5, 5.41) is 17.8. The van der Waals surface area contributed by atoms with E-state index in [1.54, 1.807) is 27.7 Å². The molecule has 10 nitrogen and oxygen atoms in total. The van der Waals surface area contributed by atoms with Crippen LogP contribution in [0.3, 0.4) is 0 Å². The van der Waals surface area contributed by atoms with Crippen molar-refractivity contribution in [3.8, 4) is 5.75 Å². The number of carbonyl (C=O) groups is 2. The summed E-state index contributed by atoms with van der Waals surface area (Å²) < 4.78 is 14.3. The van der Waals surface area contributed by atoms with E-state index in [4.69, 9.17) is 9.47 Å². The first kappa shape index (κ1) is 30.0. The number of ether oxygens (including phenoxy) is 2. The number of nitrogens with zero attached hydrogens (tertiary/aromatic N) is 5. The van der Waals surface area contributed by atoms with E-state index < -0.39 is 5.60 Å². The van der Waals surface area contributed by atoms with Crippen molar-refractivity contribution in [3.63, 3.8) is 0 Å². The molecule has 232 valence electrons. The number of methoxy groups -OCH3 is 1. The molecule has 3 aromatic rings. The lowest BCUT2D eigenvalue weighted by atomic mass is 9.63. The number of amides is 2. The first-order chi connectivity index (χ1) is 21.1. The van der Waals surface area contributed by atoms with Crippen LogP contribution in [0.5, 0.6) is 5.75 Å². The van der Waals surface area contributed by atoms with Crippen LogP contribution in [-0.4, -0.2) is 64.8 Å². The van der Waals surface area contributed by atoms with Gasteiger partial charge in [-0.1, -0.05) is 44.2 Å². The van der Waals surface area contributed by atoms with Gasteiger partial charge in [0.15, 0.2) is 5.60 Å². The average molecular weight is 600 g/mol. The van der Waals surface area contributed by atoms with Crippen LogP contribution < -0.4 is 14.5 Å². The van der Waals surface area contributed by atoms with Crippen molar-refractivity contribution in [2.45, 2.75) is 63.7 Å². The summed E-state index contributed by atoms with van der Waals surface area (Å²) >= 11 is 0. The SMILES string of the molecule is C=CCN1C(=O)[C@@]2(O[C@@H](CCn3cc(CCO)nn3)[C@H](C(C)(C)c3ccc(OC)cc3)[C@H]2C)c2cc(N3CCC3=O)ccc21. The van der Waals surface area contributed by atoms with Gasteiger partial charge < -0.3 is 24.4 Å². The van der Waals surface area contributed by atoms with Crippen LogP contribution in [0.1, 0.15) is 50.4 Å². The molecule has 0 saturated carbocycles. The number of carbonyl (C=O) groups excluding carboxylic acids is 2. The van der Waals surface area contributed by atoms with Gasteiger partial charge in [0.25, 0.3) is 5.91 Å². The average Bonchev–Trinajstić information content (AvgIpc) is 3.66. The zero-order valence-corrected chi connectivity index (χ0v) is 25.9. The highest BCUT2D eigenvalue weighted by atomic mass is 16.5. The summed E-state index contributed by atoms with van der Waals surface area (Å²) in [5.41, 5.74) is 2.63. The Morgan fingerprint density at radius 1 is 1.20 bits per heavy atom. The molecule has 2 fully saturated rings. The lowest BCUT2D eigenvalue weighted by molar-refractivity contribution is -0.146. The minimum absolute atomic E-state index is 0.0102. The quantitative estimate of drug-likeness (QED) is 0.262. The fraction of sp³-hybridized carbons (Fsp3) is 0.471. The molecule has 1 aromatic heterocycles. The van der Waals surface area contributed by atoms with E-state index in [0.29, 0.717) is 38.9 Å². The Kier molecular flexibility index (Phi) is 7.83. The molecule has 2 saturated heterocycles. The second kappa shape index (κ2) is 11.5. The highest BCUT2D eigenvalue weighted by molar-refractivity contribution is 6.09. The monoisotopic (exact) mass is 599 g/mol. The minimum Gasteiger partial charge on any atom is -0.497 e. The Morgan fingerprint density at radius 3 is 2.61 bits per heavy atom. The number of rotatable bonds is 11. The summed E-state index contributed by atoms with van der Waals surface area (Å²) in [6.45, 7) is 12.1. The number of aromatic nitrogens is 3. The molecule has 0 bridgehead atoms. The van der Waals surface area contributed by atoms with Crippen molar-refractivity contribution in [2.75, 3.05) is 36.6 Å². The Balaban J connectivity index is 1.43. The molecule has 0 radical (unpaired) electrons. The van der Waals surface area contributed by atoms with Crippen molar-refractivity contribution in [3.05, 3.63) is 78.1 Å². The van der Waals surface area contributed by atoms with Gasteiger partial charge in [-0.05, 0) is 47.7 Å². The van der Waals surface area contributed by atoms with E-state index in [1.807, 2.05) is 36.5 Å². The molecule has 44 heavy (non-hydrogen) atoms. The van der Waals surface area contributed by atoms with Gasteiger partial charge in [-0.3, -0.25) is 14.3 Å². The predicted molar refractivity (Wildman–Crippen MR) is 167 cm³/mol. The highest BCUT2D eigenvalue weighted by Crippen LogP contribution is 2.60. The van der Waals surface area contributed by atoms with Gasteiger partial charge in [-0.2, -0.15) is 0 Å². The van der Waals surface area contributed by atoms with Crippen LogP contribution in [0.25, 0.3) is 0 Å². The maximum absolute atomic E-state index is 14.6. The third kappa shape index (κ3) is 4.71. The summed E-state index contributed by atoms with van der Waals surface area (Å²) in [6.07, 6.45) is 4.86. The van der Waals surface area contributed by atoms with Crippen LogP contribution in [0.2, 0.25) is 0 Å². The van der Waals surface area contributed by atoms with Crippen molar-refractivity contribution in [2.24, 2.45) is 11.8 Å². The maximum Gasteiger partial charge on any atom is 0.264 e. The van der Waals surface area contributed by atoms with Crippen LogP contribution in [0, 0.1) is 11.8 Å². The Morgan fingerprint density at radius 2 is 1.98 bits per heavy atom. The summed E-state index contributed by atoms with van der Waals surface area (Å²) in [6, 6.07) is 14.0. The van der Waals surface area contributed by atoms with Crippen LogP contribution in [0.4, 0.5) is 11.4 Å². The van der Waals surface area contributed by atoms with Gasteiger partial charge in [0.05, 0.1) is 24.6 Å². The normalized spacial score (nSPS) is 24.6. The van der Waals surface area contributed by atoms with Gasteiger partial charge >= 0.3 is 0 Å². The molecule has 2 aromatic carbocycles. The summed E-state index contributed by atoms with van der Waals surface area (Å²) in [5.74, 6) is 0.485. The second-order valence-electron chi connectivity index (χ2n) is 12.6. The van der Waals surface area contributed by atoms with Gasteiger partial charge in [0.1, 0.15) is 5.75 Å². The molecule has 4 atom stereocenters. The van der Waals surface area contributed by atoms with E-state index in [-0.39, 0.29) is 41.8 Å². The number of aryl methyl sites for hydroxylation is 1. The molecule has 3 aliphatic heterocycles. The zero-order valence-electron chi connectivity index (χ0n) is 25.9. The van der Waals surface area contributed by atoms with Gasteiger partial charge in [0, 0.05) is 68.4 Å². The third-order valence-corrected chi connectivity index (χ3v) is 9.89. The molecule has 0 aliphatic carbocycles. The lowest BCUT2D eigenvalue weighted by Gasteiger charge is -2.39. The van der Waals surface area contributed by atoms with E-state index in [1.165, 1.54) is 0 Å². The minimum atomic E-state index is -1.23. The van der Waals surface area contributed by atoms with E-state index in [0.717, 1.165) is 33.9 Å². The molecule has 1 N–H and O–H groups in total. The Bertz CT molecular complexity index is 1570. The van der Waals surface area contributed by atoms with Gasteiger partial charge in [0.2, 0.25) is 5.91 Å². The topological polar surface area (TPSA) is 110 Å². The number of aliphatic hydroxyl groups excluding tert-OH is 1. The number of hydrogen-bond acceptors (Lipinski definition) is 7. The van der Waals surface area contributed by atoms with Crippen molar-refractivity contribution < 1.29 is 24.2 Å². The molecule has 4 heterocycles. The van der Waals surface area contributed by atoms with Gasteiger partial charge in [-0.25, -0.2) is 0 Å². The van der Waals surface area contributed by atoms with Crippen molar-refractivity contribution in [1.29, 1.82) is 0 Å². The lowest BCUT2D eigenvalue weighted by Crippen LogP contribution is -2.46. The first-order valence-electron chi connectivity index (χ1n) is 15.4. The summed E-state index contributed by atoms with van der Waals surface area (Å²) in [4.78, 5) is 30.5. The second-order valence-corrected chi connectivity index (χ2v) is 12.6. The number of aliphatic hydroxyl groups is 1. The molecule has 0 unspecified atom stereocenters. The van der Waals surface area contributed by atoms with Crippen LogP contribution in [0.15, 0.2) is 61.3 Å². The fourth-order valence-electron chi connectivity index (χ4n) is 7.57. The van der Waals surface area contributed by atoms with E-state index in [9.17, 15) is 14.7 Å². The number of β-lactam (4-membered cyclic amide) rings is 1. The fourth-order valence-corrected chi connectivity index (χ4v) is 7.57. The molecule has 1 spiro atoms. The Hall–Kier alpha value is -4.02. The number of anilines is 2. The first-order valence-corrected chi connectivity index (χ1v) is 15.4. The Labute approximate surface area is 258 Å². The van der Waals surface area contributed by atoms with Crippen LogP contribution in [-0.2, 0) is 38.3 Å². The summed E-state index contributed by atoms with van der Waals surface area (Å²) in [7, 11) is 1.66. The van der Waals surface area contributed by atoms with Gasteiger partial charge in [-0.15, -0.1) is 11.7 Å². The van der Waals surface area contributed by atoms with Crippen molar-refractivity contribution >= 4 is 23.2 Å². The third-order valence-electron chi connectivity index (χ3n) is 9.89. The molecular formula is C34H41N5O5. The van der Waals surface area contributed by atoms with Crippen LogP contribution >= 0.6 is 0 Å². The largest absolute Gasteiger partial charge is 0.497 e. The molecule has 6 rings (SSSR count).